The third-order valence-corrected chi connectivity index (χ3v) is 10.1. The summed E-state index contributed by atoms with van der Waals surface area (Å²) in [4.78, 5) is 0. The molecule has 2 nitrogen and oxygen atoms in total. The molecule has 360 valence electrons. The zero-order valence-electron chi connectivity index (χ0n) is 33.6. The summed E-state index contributed by atoms with van der Waals surface area (Å²) in [6.07, 6.45) is 9.30. The van der Waals surface area contributed by atoms with Crippen LogP contribution in [0.4, 0.5) is 0 Å². The number of aryl methyl sites for hydroxylation is 4. The fourth-order valence-electron chi connectivity index (χ4n) is 7.90. The molecule has 0 spiro atoms. The first kappa shape index (κ1) is 88.5. The molecule has 6 aromatic rings. The van der Waals surface area contributed by atoms with Crippen molar-refractivity contribution in [2.24, 2.45) is 0 Å². The SMILES string of the molecule is C.C.C.C.C.CC.Cc1ccccc1C1(c2ccccc2C)C=Cc2ccccc21.Cc1ccccc1C1(c2ccccc2C)C=Cc2ccccc21.OBO.[Ar].[Ar].[Ar].[Ar].[Ar].[Ar].[Ar].[Ar]. The van der Waals surface area contributed by atoms with E-state index in [0.717, 1.165) is 0 Å². The molecule has 0 fully saturated rings. The van der Waals surface area contributed by atoms with Gasteiger partial charge in [-0.15, -0.1) is 0 Å². The van der Waals surface area contributed by atoms with E-state index in [9.17, 15) is 0 Å². The van der Waals surface area contributed by atoms with Crippen LogP contribution in [0.25, 0.3) is 12.2 Å². The Bertz CT molecular complexity index is 1930. The fourth-order valence-corrected chi connectivity index (χ4v) is 7.90. The van der Waals surface area contributed by atoms with Crippen LogP contribution < -0.4 is 0 Å². The zero-order valence-corrected chi connectivity index (χ0v) is 39.3. The summed E-state index contributed by atoms with van der Waals surface area (Å²) in [7, 11) is -0.750. The van der Waals surface area contributed by atoms with Gasteiger partial charge in [-0.1, -0.05) is 221 Å². The van der Waals surface area contributed by atoms with Crippen molar-refractivity contribution in [1.82, 2.24) is 0 Å². The molecule has 6 aromatic carbocycles. The molecule has 0 bridgehead atoms. The van der Waals surface area contributed by atoms with E-state index in [0.29, 0.717) is 0 Å². The third kappa shape index (κ3) is 20.5. The number of fused-ring (bicyclic) bond motifs is 2. The second-order valence-corrected chi connectivity index (χ2v) is 12.9. The van der Waals surface area contributed by atoms with Gasteiger partial charge in [0, 0.05) is 302 Å². The van der Waals surface area contributed by atoms with Crippen molar-refractivity contribution in [3.63, 3.8) is 0 Å². The van der Waals surface area contributed by atoms with Gasteiger partial charge in [0.2, 0.25) is 0 Å². The third-order valence-electron chi connectivity index (χ3n) is 10.1. The Morgan fingerprint density at radius 1 is 0.312 bits per heavy atom. The molecule has 0 aromatic heterocycles. The van der Waals surface area contributed by atoms with Crippen LogP contribution in [0.1, 0.15) is 118 Å². The molecule has 0 saturated heterocycles. The van der Waals surface area contributed by atoms with Gasteiger partial charge in [-0.3, -0.25) is 0 Å². The standard InChI is InChI=1S/2C23H20.C2H6.5CH4.8Ar.BH3O2/c2*1-17-9-3-6-12-20(17)23(21-13-7-4-10-18(21)2)16-15-19-11-5-8-14-22(19)23;1-2;;;;;;;;;;;;;;2-1-3/h2*3-16H,1-2H3;1-2H3;5*1H4;;;;;;;;;1-3H. The minimum Gasteiger partial charge on any atom is -0.430 e. The van der Waals surface area contributed by atoms with Crippen LogP contribution in [0.3, 0.4) is 0 Å². The van der Waals surface area contributed by atoms with E-state index in [4.69, 9.17) is 10.0 Å². The molecule has 0 heterocycles. The zero-order chi connectivity index (χ0) is 36.4. The van der Waals surface area contributed by atoms with Gasteiger partial charge >= 0.3 is 7.69 Å². The Hall–Kier alpha value is 4.86. The van der Waals surface area contributed by atoms with Gasteiger partial charge in [-0.2, -0.15) is 0 Å². The maximum absolute atomic E-state index is 7.12. The molecule has 2 N–H and O–H groups in total. The second kappa shape index (κ2) is 45.3. The number of hydrogen-bond donors (Lipinski definition) is 2. The first-order valence-corrected chi connectivity index (χ1v) is 17.9. The van der Waals surface area contributed by atoms with Gasteiger partial charge in [-0.05, 0) is 94.5 Å². The Labute approximate surface area is 631 Å². The summed E-state index contributed by atoms with van der Waals surface area (Å²) in [6.45, 7) is 12.8. The topological polar surface area (TPSA) is 40.5 Å². The van der Waals surface area contributed by atoms with E-state index in [-0.39, 0.29) is 350 Å². The summed E-state index contributed by atoms with van der Waals surface area (Å²) >= 11 is 0. The average Bonchev–Trinajstić information content (AvgIpc) is 3.74. The van der Waals surface area contributed by atoms with E-state index >= 15 is 0 Å². The molecular weight excluding hydrogens is 999 g/mol. The summed E-state index contributed by atoms with van der Waals surface area (Å²) in [5.74, 6) is 0. The molecule has 0 amide bonds. The molecule has 8 rings (SSSR count). The maximum atomic E-state index is 7.12. The van der Waals surface area contributed by atoms with E-state index in [1.54, 1.807) is 0 Å². The van der Waals surface area contributed by atoms with E-state index in [1.807, 2.05) is 13.8 Å². The normalized spacial score (nSPS) is 10.9. The molecular formula is C53H69Ar8BO2. The first-order chi connectivity index (χ1) is 24.9. The summed E-state index contributed by atoms with van der Waals surface area (Å²) in [5.41, 5.74) is 15.8. The molecule has 0 radical (unpaired) electrons. The van der Waals surface area contributed by atoms with Crippen LogP contribution in [0.5, 0.6) is 0 Å². The van der Waals surface area contributed by atoms with Gasteiger partial charge in [0.25, 0.3) is 0 Å². The van der Waals surface area contributed by atoms with Crippen molar-refractivity contribution in [1.29, 1.82) is 0 Å². The van der Waals surface area contributed by atoms with Crippen LogP contribution in [-0.4, -0.2) is 17.7 Å². The number of benzene rings is 6. The Kier molecular flexibility index (Phi) is 62.6. The predicted octanol–water partition coefficient (Wildman–Crippen LogP) is 13.8. The quantitative estimate of drug-likeness (QED) is 0.173. The molecule has 2 aliphatic rings. The van der Waals surface area contributed by atoms with Crippen LogP contribution >= 0.6 is 0 Å². The average molecular weight is 1070 g/mol. The number of allylic oxidation sites excluding steroid dienone is 2. The second-order valence-electron chi connectivity index (χ2n) is 12.9. The summed E-state index contributed by atoms with van der Waals surface area (Å²) in [5, 5.41) is 14.2. The van der Waals surface area contributed by atoms with Gasteiger partial charge < -0.3 is 10.0 Å². The maximum Gasteiger partial charge on any atom is 0.432 e. The Morgan fingerprint density at radius 2 is 0.484 bits per heavy atom. The molecule has 0 aliphatic heterocycles. The van der Waals surface area contributed by atoms with E-state index in [1.165, 1.54) is 66.8 Å². The largest absolute Gasteiger partial charge is 0.432 e. The number of hydrogen-bond acceptors (Lipinski definition) is 2. The van der Waals surface area contributed by atoms with E-state index in [2.05, 4.69) is 198 Å². The molecule has 0 saturated carbocycles. The fraction of sp³-hybridized carbons (Fsp3) is 0.245. The van der Waals surface area contributed by atoms with Crippen molar-refractivity contribution in [3.8, 4) is 0 Å². The van der Waals surface area contributed by atoms with Crippen molar-refractivity contribution < 1.29 is 312 Å². The van der Waals surface area contributed by atoms with Crippen LogP contribution in [0, 0.1) is 330 Å². The summed E-state index contributed by atoms with van der Waals surface area (Å²) in [6, 6.07) is 52.5. The number of rotatable bonds is 4. The molecule has 11 heteroatoms. The van der Waals surface area contributed by atoms with Crippen molar-refractivity contribution >= 4 is 19.8 Å². The molecule has 0 atom stereocenters. The monoisotopic (exact) mass is 1070 g/mol. The minimum atomic E-state index is -0.750. The van der Waals surface area contributed by atoms with Crippen molar-refractivity contribution in [2.45, 2.75) is 89.5 Å². The first-order valence-electron chi connectivity index (χ1n) is 17.9. The van der Waals surface area contributed by atoms with Gasteiger partial charge in [0.1, 0.15) is 0 Å². The van der Waals surface area contributed by atoms with Gasteiger partial charge in [-0.25, -0.2) is 0 Å². The molecule has 0 unspecified atom stereocenters. The molecule has 2 aliphatic carbocycles. The Morgan fingerprint density at radius 3 is 0.688 bits per heavy atom. The Balaban J connectivity index is -0.000000103. The van der Waals surface area contributed by atoms with Crippen LogP contribution in [-0.2, 0) is 10.8 Å². The van der Waals surface area contributed by atoms with Gasteiger partial charge in [0.05, 0.1) is 10.8 Å². The van der Waals surface area contributed by atoms with Crippen molar-refractivity contribution in [3.05, 3.63) is 225 Å². The van der Waals surface area contributed by atoms with Crippen LogP contribution in [0.15, 0.2) is 158 Å². The van der Waals surface area contributed by atoms with Crippen LogP contribution in [0.2, 0.25) is 0 Å². The van der Waals surface area contributed by atoms with E-state index < -0.39 is 7.69 Å². The smallest absolute Gasteiger partial charge is 0.430 e. The summed E-state index contributed by atoms with van der Waals surface area (Å²) < 4.78 is 0. The minimum absolute atomic E-state index is 0. The van der Waals surface area contributed by atoms with Gasteiger partial charge in [0.15, 0.2) is 0 Å². The van der Waals surface area contributed by atoms with Crippen molar-refractivity contribution in [2.75, 3.05) is 0 Å². The molecule has 64 heavy (non-hydrogen) atoms. The predicted molar refractivity (Wildman–Crippen MR) is 252 cm³/mol.